The van der Waals surface area contributed by atoms with E-state index >= 15 is 0 Å². The Hall–Kier alpha value is -2.88. The zero-order chi connectivity index (χ0) is 17.1. The van der Waals surface area contributed by atoms with E-state index in [1.165, 1.54) is 5.56 Å². The molecule has 1 amide bonds. The zero-order valence-electron chi connectivity index (χ0n) is 14.0. The maximum Gasteiger partial charge on any atom is 0.227 e. The quantitative estimate of drug-likeness (QED) is 0.701. The number of hydrogen-bond acceptors (Lipinski definition) is 3. The Morgan fingerprint density at radius 2 is 1.88 bits per heavy atom. The first-order valence-corrected chi connectivity index (χ1v) is 8.69. The average molecular weight is 332 g/mol. The molecule has 0 radical (unpaired) electrons. The minimum Gasteiger partial charge on any atom is -0.441 e. The third-order valence-electron chi connectivity index (χ3n) is 4.58. The third-order valence-corrected chi connectivity index (χ3v) is 4.58. The summed E-state index contributed by atoms with van der Waals surface area (Å²) in [6, 6.07) is 18.1. The van der Waals surface area contributed by atoms with Gasteiger partial charge >= 0.3 is 0 Å². The molecule has 0 spiro atoms. The number of aryl methyl sites for hydroxylation is 1. The van der Waals surface area contributed by atoms with Crippen LogP contribution in [-0.4, -0.2) is 17.4 Å². The van der Waals surface area contributed by atoms with Gasteiger partial charge in [0.1, 0.15) is 0 Å². The molecule has 0 N–H and O–H groups in total. The second-order valence-electron chi connectivity index (χ2n) is 6.26. The number of carbonyl (C=O) groups excluding carboxylic acids is 1. The van der Waals surface area contributed by atoms with Crippen molar-refractivity contribution in [1.29, 1.82) is 0 Å². The Balaban J connectivity index is 1.33. The zero-order valence-corrected chi connectivity index (χ0v) is 14.0. The highest BCUT2D eigenvalue weighted by molar-refractivity contribution is 5.95. The van der Waals surface area contributed by atoms with Crippen LogP contribution in [-0.2, 0) is 17.6 Å². The first kappa shape index (κ1) is 15.6. The van der Waals surface area contributed by atoms with Crippen LogP contribution in [0.4, 0.5) is 5.69 Å². The maximum absolute atomic E-state index is 12.5. The predicted octanol–water partition coefficient (Wildman–Crippen LogP) is 4.25. The Morgan fingerprint density at radius 3 is 2.76 bits per heavy atom. The number of oxazole rings is 1. The van der Waals surface area contributed by atoms with Crippen LogP contribution in [0, 0.1) is 0 Å². The largest absolute Gasteiger partial charge is 0.441 e. The molecule has 0 saturated carbocycles. The third kappa shape index (κ3) is 3.33. The summed E-state index contributed by atoms with van der Waals surface area (Å²) in [5.74, 6) is 1.64. The lowest BCUT2D eigenvalue weighted by Gasteiger charge is -2.16. The molecule has 3 aromatic rings. The van der Waals surface area contributed by atoms with Gasteiger partial charge in [0.2, 0.25) is 5.91 Å². The monoisotopic (exact) mass is 332 g/mol. The number of anilines is 1. The lowest BCUT2D eigenvalue weighted by atomic mass is 10.2. The molecular weight excluding hydrogens is 312 g/mol. The molecule has 4 nitrogen and oxygen atoms in total. The van der Waals surface area contributed by atoms with Gasteiger partial charge < -0.3 is 9.32 Å². The van der Waals surface area contributed by atoms with E-state index in [4.69, 9.17) is 4.42 Å². The molecule has 4 heteroatoms. The second kappa shape index (κ2) is 6.93. The van der Waals surface area contributed by atoms with Gasteiger partial charge in [-0.3, -0.25) is 4.79 Å². The predicted molar refractivity (Wildman–Crippen MR) is 97.4 cm³/mol. The first-order valence-electron chi connectivity index (χ1n) is 8.69. The summed E-state index contributed by atoms with van der Waals surface area (Å²) < 4.78 is 5.80. The minimum absolute atomic E-state index is 0.180. The van der Waals surface area contributed by atoms with Gasteiger partial charge in [-0.2, -0.15) is 0 Å². The first-order chi connectivity index (χ1) is 12.3. The van der Waals surface area contributed by atoms with Gasteiger partial charge in [0, 0.05) is 30.6 Å². The molecule has 1 aliphatic rings. The van der Waals surface area contributed by atoms with E-state index in [1.807, 2.05) is 53.4 Å². The van der Waals surface area contributed by atoms with Crippen molar-refractivity contribution in [1.82, 2.24) is 4.98 Å². The summed E-state index contributed by atoms with van der Waals surface area (Å²) in [6.07, 6.45) is 4.63. The summed E-state index contributed by atoms with van der Waals surface area (Å²) in [5.41, 5.74) is 3.34. The number of aromatic nitrogens is 1. The van der Waals surface area contributed by atoms with Crippen molar-refractivity contribution >= 4 is 11.6 Å². The Bertz CT molecular complexity index is 870. The highest BCUT2D eigenvalue weighted by Gasteiger charge is 2.23. The summed E-state index contributed by atoms with van der Waals surface area (Å²) in [5, 5.41) is 0. The number of amides is 1. The van der Waals surface area contributed by atoms with Crippen LogP contribution < -0.4 is 4.90 Å². The highest BCUT2D eigenvalue weighted by Crippen LogP contribution is 2.28. The number of carbonyl (C=O) groups is 1. The smallest absolute Gasteiger partial charge is 0.227 e. The molecule has 0 saturated heterocycles. The van der Waals surface area contributed by atoms with Gasteiger partial charge in [-0.05, 0) is 24.5 Å². The molecule has 2 aromatic carbocycles. The van der Waals surface area contributed by atoms with E-state index in [2.05, 4.69) is 11.1 Å². The van der Waals surface area contributed by atoms with E-state index in [9.17, 15) is 4.79 Å². The number of nitrogens with zero attached hydrogens (tertiary/aromatic N) is 2. The number of para-hydroxylation sites is 1. The summed E-state index contributed by atoms with van der Waals surface area (Å²) >= 11 is 0. The van der Waals surface area contributed by atoms with Crippen molar-refractivity contribution in [2.45, 2.75) is 25.7 Å². The number of fused-ring (bicyclic) bond motifs is 1. The van der Waals surface area contributed by atoms with Gasteiger partial charge in [0.25, 0.3) is 0 Å². The number of hydrogen-bond donors (Lipinski definition) is 0. The van der Waals surface area contributed by atoms with Crippen LogP contribution in [0.3, 0.4) is 0 Å². The summed E-state index contributed by atoms with van der Waals surface area (Å²) in [4.78, 5) is 18.7. The molecule has 0 fully saturated rings. The number of benzene rings is 2. The van der Waals surface area contributed by atoms with Gasteiger partial charge in [-0.1, -0.05) is 48.5 Å². The second-order valence-corrected chi connectivity index (χ2v) is 6.26. The lowest BCUT2D eigenvalue weighted by molar-refractivity contribution is -0.118. The maximum atomic E-state index is 12.5. The van der Waals surface area contributed by atoms with Crippen molar-refractivity contribution < 1.29 is 9.21 Å². The molecule has 1 aliphatic heterocycles. The van der Waals surface area contributed by atoms with Crippen LogP contribution in [0.5, 0.6) is 0 Å². The van der Waals surface area contributed by atoms with Crippen molar-refractivity contribution in [3.8, 4) is 11.3 Å². The van der Waals surface area contributed by atoms with Crippen LogP contribution in [0.25, 0.3) is 11.3 Å². The lowest BCUT2D eigenvalue weighted by Crippen LogP contribution is -2.28. The van der Waals surface area contributed by atoms with Crippen molar-refractivity contribution in [2.75, 3.05) is 11.4 Å². The Morgan fingerprint density at radius 1 is 1.08 bits per heavy atom. The Kier molecular flexibility index (Phi) is 4.34. The van der Waals surface area contributed by atoms with E-state index < -0.39 is 0 Å². The van der Waals surface area contributed by atoms with E-state index in [0.717, 1.165) is 36.4 Å². The summed E-state index contributed by atoms with van der Waals surface area (Å²) in [6.45, 7) is 0.787. The fourth-order valence-electron chi connectivity index (χ4n) is 3.28. The van der Waals surface area contributed by atoms with Crippen LogP contribution in [0.15, 0.2) is 65.2 Å². The van der Waals surface area contributed by atoms with Crippen LogP contribution >= 0.6 is 0 Å². The van der Waals surface area contributed by atoms with E-state index in [0.29, 0.717) is 18.7 Å². The van der Waals surface area contributed by atoms with Gasteiger partial charge in [0.15, 0.2) is 11.7 Å². The molecule has 126 valence electrons. The standard InChI is InChI=1S/C21H20N2O2/c24-21(23-14-13-16-7-4-5-10-18(16)23)12-6-11-20-22-15-19(25-20)17-8-2-1-3-9-17/h1-5,7-10,15H,6,11-14H2. The van der Waals surface area contributed by atoms with Gasteiger partial charge in [-0.25, -0.2) is 4.98 Å². The number of rotatable bonds is 5. The van der Waals surface area contributed by atoms with Crippen molar-refractivity contribution in [3.05, 3.63) is 72.2 Å². The summed E-state index contributed by atoms with van der Waals surface area (Å²) in [7, 11) is 0. The minimum atomic E-state index is 0.180. The normalized spacial score (nSPS) is 13.0. The van der Waals surface area contributed by atoms with Crippen molar-refractivity contribution in [3.63, 3.8) is 0 Å². The molecule has 2 heterocycles. The van der Waals surface area contributed by atoms with Gasteiger partial charge in [0.05, 0.1) is 6.20 Å². The average Bonchev–Trinajstić information content (AvgIpc) is 3.29. The fourth-order valence-corrected chi connectivity index (χ4v) is 3.28. The highest BCUT2D eigenvalue weighted by atomic mass is 16.4. The molecule has 25 heavy (non-hydrogen) atoms. The van der Waals surface area contributed by atoms with Crippen molar-refractivity contribution in [2.24, 2.45) is 0 Å². The fraction of sp³-hybridized carbons (Fsp3) is 0.238. The van der Waals surface area contributed by atoms with Gasteiger partial charge in [-0.15, -0.1) is 0 Å². The molecule has 1 aromatic heterocycles. The molecular formula is C21H20N2O2. The molecule has 0 atom stereocenters. The van der Waals surface area contributed by atoms with Crippen LogP contribution in [0.1, 0.15) is 24.3 Å². The molecule has 0 bridgehead atoms. The van der Waals surface area contributed by atoms with E-state index in [-0.39, 0.29) is 5.91 Å². The van der Waals surface area contributed by atoms with Crippen LogP contribution in [0.2, 0.25) is 0 Å². The molecule has 0 unspecified atom stereocenters. The van der Waals surface area contributed by atoms with E-state index in [1.54, 1.807) is 6.20 Å². The Labute approximate surface area is 147 Å². The SMILES string of the molecule is O=C(CCCc1ncc(-c2ccccc2)o1)N1CCc2ccccc21. The topological polar surface area (TPSA) is 46.3 Å². The molecule has 4 rings (SSSR count). The molecule has 0 aliphatic carbocycles.